The molecule has 1 amide bonds. The van der Waals surface area contributed by atoms with Gasteiger partial charge in [0.15, 0.2) is 16.3 Å². The fourth-order valence-corrected chi connectivity index (χ4v) is 4.37. The molecule has 25 heavy (non-hydrogen) atoms. The maximum Gasteiger partial charge on any atom is 0.279 e. The van der Waals surface area contributed by atoms with Crippen molar-refractivity contribution in [1.29, 1.82) is 0 Å². The van der Waals surface area contributed by atoms with Crippen LogP contribution in [0.15, 0.2) is 35.3 Å². The molecule has 1 aliphatic rings. The maximum atomic E-state index is 12.6. The molecule has 0 fully saturated rings. The molecule has 0 saturated heterocycles. The molecule has 5 nitrogen and oxygen atoms in total. The van der Waals surface area contributed by atoms with Gasteiger partial charge in [0.2, 0.25) is 0 Å². The standard InChI is InChI=1S/C18H15ClN2O3S/c1-10-7-12(19)9-15-16(10)21(2)18(25-15)20-17(22)11-3-4-13-14(8-11)24-6-5-23-13/h3-4,7-9H,5-6H2,1-2H3. The van der Waals surface area contributed by atoms with Gasteiger partial charge in [-0.05, 0) is 42.8 Å². The van der Waals surface area contributed by atoms with E-state index in [0.29, 0.717) is 40.1 Å². The summed E-state index contributed by atoms with van der Waals surface area (Å²) in [5.74, 6) is 0.916. The van der Waals surface area contributed by atoms with Gasteiger partial charge in [-0.3, -0.25) is 4.79 Å². The fourth-order valence-electron chi connectivity index (χ4n) is 2.90. The minimum Gasteiger partial charge on any atom is -0.486 e. The van der Waals surface area contributed by atoms with E-state index in [1.807, 2.05) is 30.7 Å². The van der Waals surface area contributed by atoms with Crippen LogP contribution in [0.1, 0.15) is 15.9 Å². The summed E-state index contributed by atoms with van der Waals surface area (Å²) in [4.78, 5) is 17.5. The maximum absolute atomic E-state index is 12.6. The van der Waals surface area contributed by atoms with Crippen LogP contribution in [0, 0.1) is 6.92 Å². The number of fused-ring (bicyclic) bond motifs is 2. The number of aromatic nitrogens is 1. The Morgan fingerprint density at radius 3 is 2.76 bits per heavy atom. The number of amides is 1. The van der Waals surface area contributed by atoms with E-state index in [0.717, 1.165) is 15.8 Å². The first-order valence-corrected chi connectivity index (χ1v) is 8.97. The highest BCUT2D eigenvalue weighted by molar-refractivity contribution is 7.16. The Hall–Kier alpha value is -2.31. The van der Waals surface area contributed by atoms with Crippen molar-refractivity contribution in [2.24, 2.45) is 12.0 Å². The average Bonchev–Trinajstić information content (AvgIpc) is 2.90. The molecule has 7 heteroatoms. The van der Waals surface area contributed by atoms with Gasteiger partial charge in [0.25, 0.3) is 5.91 Å². The molecule has 0 atom stereocenters. The Bertz CT molecular complexity index is 1070. The largest absolute Gasteiger partial charge is 0.486 e. The van der Waals surface area contributed by atoms with Gasteiger partial charge in [-0.1, -0.05) is 22.9 Å². The Labute approximate surface area is 153 Å². The topological polar surface area (TPSA) is 52.8 Å². The van der Waals surface area contributed by atoms with Crippen molar-refractivity contribution in [2.75, 3.05) is 13.2 Å². The first-order chi connectivity index (χ1) is 12.0. The minimum absolute atomic E-state index is 0.317. The first-order valence-electron chi connectivity index (χ1n) is 7.77. The highest BCUT2D eigenvalue weighted by Gasteiger charge is 2.15. The molecule has 1 aliphatic heterocycles. The third kappa shape index (κ3) is 2.92. The van der Waals surface area contributed by atoms with Gasteiger partial charge >= 0.3 is 0 Å². The molecule has 4 rings (SSSR count). The summed E-state index contributed by atoms with van der Waals surface area (Å²) in [6.07, 6.45) is 0. The van der Waals surface area contributed by atoms with Gasteiger partial charge in [0, 0.05) is 17.6 Å². The molecule has 0 saturated carbocycles. The van der Waals surface area contributed by atoms with Crippen molar-refractivity contribution in [3.05, 3.63) is 51.3 Å². The van der Waals surface area contributed by atoms with Crippen molar-refractivity contribution >= 4 is 39.1 Å². The van der Waals surface area contributed by atoms with Crippen molar-refractivity contribution in [3.63, 3.8) is 0 Å². The van der Waals surface area contributed by atoms with Crippen LogP contribution in [0.4, 0.5) is 0 Å². The molecule has 3 aromatic rings. The third-order valence-corrected chi connectivity index (χ3v) is 5.34. The summed E-state index contributed by atoms with van der Waals surface area (Å²) in [5, 5.41) is 0.677. The van der Waals surface area contributed by atoms with Gasteiger partial charge in [-0.2, -0.15) is 4.99 Å². The van der Waals surface area contributed by atoms with E-state index in [1.165, 1.54) is 11.3 Å². The average molecular weight is 375 g/mol. The number of nitrogens with zero attached hydrogens (tertiary/aromatic N) is 2. The number of carbonyl (C=O) groups is 1. The third-order valence-electron chi connectivity index (χ3n) is 4.04. The Balaban J connectivity index is 1.78. The first kappa shape index (κ1) is 16.2. The molecule has 0 N–H and O–H groups in total. The van der Waals surface area contributed by atoms with Crippen LogP contribution in [0.25, 0.3) is 10.2 Å². The second-order valence-electron chi connectivity index (χ2n) is 5.79. The molecule has 2 heterocycles. The van der Waals surface area contributed by atoms with Crippen molar-refractivity contribution in [2.45, 2.75) is 6.92 Å². The van der Waals surface area contributed by atoms with E-state index >= 15 is 0 Å². The van der Waals surface area contributed by atoms with Crippen molar-refractivity contribution < 1.29 is 14.3 Å². The van der Waals surface area contributed by atoms with Gasteiger partial charge in [0.1, 0.15) is 13.2 Å². The van der Waals surface area contributed by atoms with Gasteiger partial charge in [-0.15, -0.1) is 0 Å². The number of rotatable bonds is 1. The lowest BCUT2D eigenvalue weighted by Crippen LogP contribution is -2.16. The molecular weight excluding hydrogens is 360 g/mol. The molecule has 0 unspecified atom stereocenters. The molecular formula is C18H15ClN2O3S. The summed E-state index contributed by atoms with van der Waals surface area (Å²) < 4.78 is 13.9. The summed E-state index contributed by atoms with van der Waals surface area (Å²) >= 11 is 7.57. The van der Waals surface area contributed by atoms with E-state index < -0.39 is 0 Å². The van der Waals surface area contributed by atoms with E-state index in [4.69, 9.17) is 21.1 Å². The van der Waals surface area contributed by atoms with Gasteiger partial charge in [-0.25, -0.2) is 0 Å². The highest BCUT2D eigenvalue weighted by atomic mass is 35.5. The smallest absolute Gasteiger partial charge is 0.279 e. The number of hydrogen-bond acceptors (Lipinski definition) is 4. The van der Waals surface area contributed by atoms with Crippen LogP contribution in [0.2, 0.25) is 5.02 Å². The van der Waals surface area contributed by atoms with Gasteiger partial charge in [0.05, 0.1) is 10.2 Å². The summed E-state index contributed by atoms with van der Waals surface area (Å²) in [7, 11) is 1.90. The predicted molar refractivity (Wildman–Crippen MR) is 97.9 cm³/mol. The monoisotopic (exact) mass is 374 g/mol. The number of benzene rings is 2. The zero-order chi connectivity index (χ0) is 17.6. The number of aryl methyl sites for hydroxylation is 2. The van der Waals surface area contributed by atoms with Crippen LogP contribution in [0.3, 0.4) is 0 Å². The van der Waals surface area contributed by atoms with E-state index in [2.05, 4.69) is 4.99 Å². The molecule has 2 aromatic carbocycles. The lowest BCUT2D eigenvalue weighted by Gasteiger charge is -2.18. The quantitative estimate of drug-likeness (QED) is 0.652. The molecule has 0 bridgehead atoms. The van der Waals surface area contributed by atoms with Crippen LogP contribution in [-0.2, 0) is 7.05 Å². The lowest BCUT2D eigenvalue weighted by atomic mass is 10.2. The zero-order valence-corrected chi connectivity index (χ0v) is 15.3. The zero-order valence-electron chi connectivity index (χ0n) is 13.7. The van der Waals surface area contributed by atoms with E-state index in [9.17, 15) is 4.79 Å². The van der Waals surface area contributed by atoms with Crippen molar-refractivity contribution in [1.82, 2.24) is 4.57 Å². The molecule has 0 spiro atoms. The van der Waals surface area contributed by atoms with E-state index in [1.54, 1.807) is 18.2 Å². The van der Waals surface area contributed by atoms with E-state index in [-0.39, 0.29) is 5.91 Å². The number of thiazole rings is 1. The Morgan fingerprint density at radius 1 is 1.20 bits per heavy atom. The normalized spacial score (nSPS) is 14.1. The SMILES string of the molecule is Cc1cc(Cl)cc2sc(=NC(=O)c3ccc4c(c3)OCCO4)n(C)c12. The summed E-state index contributed by atoms with van der Waals surface area (Å²) in [5.41, 5.74) is 2.55. The Kier molecular flexibility index (Phi) is 4.01. The summed E-state index contributed by atoms with van der Waals surface area (Å²) in [6, 6.07) is 8.92. The second kappa shape index (κ2) is 6.20. The molecule has 0 radical (unpaired) electrons. The van der Waals surface area contributed by atoms with Crippen LogP contribution >= 0.6 is 22.9 Å². The minimum atomic E-state index is -0.317. The lowest BCUT2D eigenvalue weighted by molar-refractivity contribution is 0.0996. The van der Waals surface area contributed by atoms with Crippen LogP contribution in [-0.4, -0.2) is 23.7 Å². The number of carbonyl (C=O) groups excluding carboxylic acids is 1. The van der Waals surface area contributed by atoms with Gasteiger partial charge < -0.3 is 14.0 Å². The van der Waals surface area contributed by atoms with Crippen LogP contribution < -0.4 is 14.3 Å². The number of halogens is 1. The molecule has 128 valence electrons. The number of ether oxygens (including phenoxy) is 2. The highest BCUT2D eigenvalue weighted by Crippen LogP contribution is 2.31. The fraction of sp³-hybridized carbons (Fsp3) is 0.222. The molecule has 0 aliphatic carbocycles. The predicted octanol–water partition coefficient (Wildman–Crippen LogP) is 3.71. The van der Waals surface area contributed by atoms with Crippen molar-refractivity contribution in [3.8, 4) is 11.5 Å². The molecule has 1 aromatic heterocycles. The second-order valence-corrected chi connectivity index (χ2v) is 7.23. The van der Waals surface area contributed by atoms with Crippen LogP contribution in [0.5, 0.6) is 11.5 Å². The summed E-state index contributed by atoms with van der Waals surface area (Å²) in [6.45, 7) is 2.99. The Morgan fingerprint density at radius 2 is 1.96 bits per heavy atom. The number of hydrogen-bond donors (Lipinski definition) is 0.